The molecule has 0 saturated heterocycles. The molecule has 24 heavy (non-hydrogen) atoms. The molecule has 0 saturated carbocycles. The number of benzene rings is 2. The van der Waals surface area contributed by atoms with Gasteiger partial charge in [-0.3, -0.25) is 10.1 Å². The molecule has 126 valence electrons. The lowest BCUT2D eigenvalue weighted by Gasteiger charge is -2.26. The number of nitrogens with one attached hydrogen (secondary N) is 1. The van der Waals surface area contributed by atoms with Crippen molar-refractivity contribution in [1.29, 1.82) is 0 Å². The van der Waals surface area contributed by atoms with Crippen LogP contribution in [0, 0.1) is 15.9 Å². The molecule has 1 heterocycles. The molecule has 1 aliphatic heterocycles. The van der Waals surface area contributed by atoms with Crippen molar-refractivity contribution in [3.63, 3.8) is 0 Å². The first kappa shape index (κ1) is 16.3. The fourth-order valence-corrected chi connectivity index (χ4v) is 3.78. The molecule has 2 aromatic rings. The molecule has 0 aliphatic carbocycles. The maximum absolute atomic E-state index is 13.7. The quantitative estimate of drug-likeness (QED) is 0.673. The van der Waals surface area contributed by atoms with Crippen molar-refractivity contribution in [2.75, 3.05) is 6.61 Å². The van der Waals surface area contributed by atoms with E-state index in [4.69, 9.17) is 4.74 Å². The van der Waals surface area contributed by atoms with Crippen molar-refractivity contribution >= 4 is 15.7 Å². The van der Waals surface area contributed by atoms with Gasteiger partial charge in [0.05, 0.1) is 22.5 Å². The molecule has 0 bridgehead atoms. The lowest BCUT2D eigenvalue weighted by molar-refractivity contribution is -0.387. The summed E-state index contributed by atoms with van der Waals surface area (Å²) in [5.41, 5.74) is -0.0833. The first-order chi connectivity index (χ1) is 11.4. The number of rotatable bonds is 4. The number of nitro groups is 1. The zero-order chi connectivity index (χ0) is 17.3. The van der Waals surface area contributed by atoms with Gasteiger partial charge in [0, 0.05) is 24.1 Å². The van der Waals surface area contributed by atoms with E-state index in [1.807, 2.05) is 0 Å². The van der Waals surface area contributed by atoms with E-state index in [0.717, 1.165) is 12.1 Å². The first-order valence-corrected chi connectivity index (χ1v) is 8.55. The molecule has 0 fully saturated rings. The summed E-state index contributed by atoms with van der Waals surface area (Å²) in [5, 5.41) is 10.6. The largest absolute Gasteiger partial charge is 0.493 e. The molecule has 2 aromatic carbocycles. The van der Waals surface area contributed by atoms with Gasteiger partial charge in [0.1, 0.15) is 5.75 Å². The van der Waals surface area contributed by atoms with Gasteiger partial charge in [0.2, 0.25) is 15.8 Å². The second kappa shape index (κ2) is 6.17. The number of fused-ring (bicyclic) bond motifs is 1. The Morgan fingerprint density at radius 2 is 2.00 bits per heavy atom. The molecule has 1 N–H and O–H groups in total. The number of hydrogen-bond donors (Lipinski definition) is 1. The summed E-state index contributed by atoms with van der Waals surface area (Å²) in [4.78, 5) is 9.35. The van der Waals surface area contributed by atoms with Crippen LogP contribution in [0.1, 0.15) is 18.0 Å². The molecule has 0 amide bonds. The fraction of sp³-hybridized carbons (Fsp3) is 0.200. The van der Waals surface area contributed by atoms with Crippen LogP contribution in [0.2, 0.25) is 0 Å². The van der Waals surface area contributed by atoms with E-state index in [-0.39, 0.29) is 4.90 Å². The zero-order valence-corrected chi connectivity index (χ0v) is 13.1. The summed E-state index contributed by atoms with van der Waals surface area (Å²) in [6.45, 7) is 0.346. The summed E-state index contributed by atoms with van der Waals surface area (Å²) in [6.07, 6.45) is 0.422. The van der Waals surface area contributed by atoms with Crippen LogP contribution in [0.25, 0.3) is 0 Å². The Labute approximate surface area is 137 Å². The van der Waals surface area contributed by atoms with Gasteiger partial charge in [-0.1, -0.05) is 18.2 Å². The van der Waals surface area contributed by atoms with E-state index in [9.17, 15) is 22.9 Å². The van der Waals surface area contributed by atoms with Crippen molar-refractivity contribution in [2.45, 2.75) is 17.4 Å². The third kappa shape index (κ3) is 3.08. The second-order valence-electron chi connectivity index (χ2n) is 5.22. The number of nitrogens with zero attached hydrogens (tertiary/aromatic N) is 1. The standard InChI is InChI=1S/C15H13FN2O5S/c16-12-9-10(5-6-14(12)18(19)20)24(21,22)17-13-7-8-23-15-4-2-1-3-11(13)15/h1-6,9,13,17H,7-8H2. The molecule has 9 heteroatoms. The van der Waals surface area contributed by atoms with Gasteiger partial charge < -0.3 is 4.74 Å². The normalized spacial score (nSPS) is 17.0. The van der Waals surface area contributed by atoms with E-state index in [2.05, 4.69) is 4.72 Å². The number of sulfonamides is 1. The van der Waals surface area contributed by atoms with Gasteiger partial charge in [-0.2, -0.15) is 4.39 Å². The van der Waals surface area contributed by atoms with Crippen LogP contribution < -0.4 is 9.46 Å². The topological polar surface area (TPSA) is 98.5 Å². The summed E-state index contributed by atoms with van der Waals surface area (Å²) in [5.74, 6) is -0.610. The van der Waals surface area contributed by atoms with Gasteiger partial charge in [-0.15, -0.1) is 0 Å². The van der Waals surface area contributed by atoms with Crippen LogP contribution in [0.3, 0.4) is 0 Å². The molecule has 3 rings (SSSR count). The SMILES string of the molecule is O=[N+]([O-])c1ccc(S(=O)(=O)NC2CCOc3ccccc32)cc1F. The van der Waals surface area contributed by atoms with Crippen molar-refractivity contribution in [3.05, 3.63) is 64.0 Å². The Morgan fingerprint density at radius 3 is 2.71 bits per heavy atom. The minimum absolute atomic E-state index is 0.346. The predicted molar refractivity (Wildman–Crippen MR) is 82.7 cm³/mol. The summed E-state index contributed by atoms with van der Waals surface area (Å²) >= 11 is 0. The third-order valence-corrected chi connectivity index (χ3v) is 5.15. The second-order valence-corrected chi connectivity index (χ2v) is 6.93. The van der Waals surface area contributed by atoms with Gasteiger partial charge in [0.25, 0.3) is 0 Å². The highest BCUT2D eigenvalue weighted by atomic mass is 32.2. The number of para-hydroxylation sites is 1. The summed E-state index contributed by atoms with van der Waals surface area (Å²) in [7, 11) is -4.04. The number of ether oxygens (including phenoxy) is 1. The molecular formula is C15H13FN2O5S. The third-order valence-electron chi connectivity index (χ3n) is 3.68. The Balaban J connectivity index is 1.90. The number of halogens is 1. The molecule has 0 spiro atoms. The number of nitro benzene ring substituents is 1. The van der Waals surface area contributed by atoms with Crippen molar-refractivity contribution in [3.8, 4) is 5.75 Å². The minimum atomic E-state index is -4.04. The Hall–Kier alpha value is -2.52. The Kier molecular flexibility index (Phi) is 4.20. The molecular weight excluding hydrogens is 339 g/mol. The van der Waals surface area contributed by atoms with Crippen LogP contribution in [0.15, 0.2) is 47.4 Å². The van der Waals surface area contributed by atoms with Gasteiger partial charge in [-0.05, 0) is 12.1 Å². The molecule has 0 aromatic heterocycles. The summed E-state index contributed by atoms with van der Waals surface area (Å²) in [6, 6.07) is 9.00. The minimum Gasteiger partial charge on any atom is -0.493 e. The lowest BCUT2D eigenvalue weighted by Crippen LogP contribution is -2.32. The highest BCUT2D eigenvalue weighted by molar-refractivity contribution is 7.89. The molecule has 1 aliphatic rings. The molecule has 7 nitrogen and oxygen atoms in total. The van der Waals surface area contributed by atoms with E-state index >= 15 is 0 Å². The highest BCUT2D eigenvalue weighted by Gasteiger charge is 2.28. The van der Waals surface area contributed by atoms with Crippen LogP contribution in [0.4, 0.5) is 10.1 Å². The maximum Gasteiger partial charge on any atom is 0.304 e. The average Bonchev–Trinajstić information content (AvgIpc) is 2.54. The Bertz CT molecular complexity index is 900. The van der Waals surface area contributed by atoms with Gasteiger partial charge in [0.15, 0.2) is 0 Å². The predicted octanol–water partition coefficient (Wildman–Crippen LogP) is 2.54. The van der Waals surface area contributed by atoms with Gasteiger partial charge >= 0.3 is 5.69 Å². The summed E-state index contributed by atoms with van der Waals surface area (Å²) < 4.78 is 46.6. The van der Waals surface area contributed by atoms with Gasteiger partial charge in [-0.25, -0.2) is 13.1 Å². The highest BCUT2D eigenvalue weighted by Crippen LogP contribution is 2.33. The van der Waals surface area contributed by atoms with Crippen LogP contribution in [0.5, 0.6) is 5.75 Å². The lowest BCUT2D eigenvalue weighted by atomic mass is 10.0. The van der Waals surface area contributed by atoms with Crippen LogP contribution in [-0.4, -0.2) is 19.9 Å². The monoisotopic (exact) mass is 352 g/mol. The van der Waals surface area contributed by atoms with Crippen molar-refractivity contribution in [1.82, 2.24) is 4.72 Å². The molecule has 1 unspecified atom stereocenters. The van der Waals surface area contributed by atoms with E-state index in [1.54, 1.807) is 24.3 Å². The average molecular weight is 352 g/mol. The smallest absolute Gasteiger partial charge is 0.304 e. The van der Waals surface area contributed by atoms with E-state index < -0.39 is 32.5 Å². The maximum atomic E-state index is 13.7. The Morgan fingerprint density at radius 1 is 1.25 bits per heavy atom. The zero-order valence-electron chi connectivity index (χ0n) is 12.3. The molecule has 0 radical (unpaired) electrons. The van der Waals surface area contributed by atoms with Crippen molar-refractivity contribution < 1.29 is 22.5 Å². The fourth-order valence-electron chi connectivity index (χ4n) is 2.52. The first-order valence-electron chi connectivity index (χ1n) is 7.06. The van der Waals surface area contributed by atoms with E-state index in [1.165, 1.54) is 0 Å². The molecule has 1 atom stereocenters. The van der Waals surface area contributed by atoms with Crippen LogP contribution >= 0.6 is 0 Å². The number of hydrogen-bond acceptors (Lipinski definition) is 5. The van der Waals surface area contributed by atoms with E-state index in [0.29, 0.717) is 30.4 Å². The van der Waals surface area contributed by atoms with Crippen molar-refractivity contribution in [2.24, 2.45) is 0 Å². The van der Waals surface area contributed by atoms with Crippen LogP contribution in [-0.2, 0) is 10.0 Å².